The van der Waals surface area contributed by atoms with Gasteiger partial charge in [0.2, 0.25) is 0 Å². The van der Waals surface area contributed by atoms with Gasteiger partial charge >= 0.3 is 12.1 Å². The summed E-state index contributed by atoms with van der Waals surface area (Å²) >= 11 is 17.9. The van der Waals surface area contributed by atoms with Crippen molar-refractivity contribution in [2.75, 3.05) is 0 Å². The van der Waals surface area contributed by atoms with Gasteiger partial charge in [0.25, 0.3) is 0 Å². The Morgan fingerprint density at radius 2 is 1.90 bits per heavy atom. The van der Waals surface area contributed by atoms with Crippen molar-refractivity contribution in [3.05, 3.63) is 74.1 Å². The topological polar surface area (TPSA) is 43.6 Å². The van der Waals surface area contributed by atoms with Crippen LogP contribution in [0.4, 0.5) is 13.2 Å². The third kappa shape index (κ3) is 5.34. The Morgan fingerprint density at radius 3 is 2.52 bits per heavy atom. The van der Waals surface area contributed by atoms with Gasteiger partial charge < -0.3 is 4.74 Å². The maximum absolute atomic E-state index is 13.2. The summed E-state index contributed by atoms with van der Waals surface area (Å²) in [6, 6.07) is 5.61. The molecule has 1 aromatic carbocycles. The number of fused-ring (bicyclic) bond motifs is 1. The fourth-order valence-electron chi connectivity index (χ4n) is 2.91. The first-order chi connectivity index (χ1) is 14.5. The van der Waals surface area contributed by atoms with Gasteiger partial charge in [-0.15, -0.1) is 0 Å². The van der Waals surface area contributed by atoms with Crippen molar-refractivity contribution < 1.29 is 22.7 Å². The van der Waals surface area contributed by atoms with Crippen molar-refractivity contribution in [2.24, 2.45) is 0 Å². The Kier molecular flexibility index (Phi) is 6.88. The maximum atomic E-state index is 13.2. The summed E-state index contributed by atoms with van der Waals surface area (Å²) in [7, 11) is 0. The van der Waals surface area contributed by atoms with Crippen LogP contribution >= 0.6 is 34.8 Å². The van der Waals surface area contributed by atoms with E-state index in [1.165, 1.54) is 22.6 Å². The number of benzene rings is 1. The Labute approximate surface area is 191 Å². The lowest BCUT2D eigenvalue weighted by atomic mass is 10.1. The van der Waals surface area contributed by atoms with Crippen LogP contribution in [0.25, 0.3) is 11.7 Å². The number of esters is 1. The van der Waals surface area contributed by atoms with Crippen molar-refractivity contribution in [1.82, 2.24) is 9.38 Å². The van der Waals surface area contributed by atoms with Crippen LogP contribution in [0.3, 0.4) is 0 Å². The Morgan fingerprint density at radius 1 is 1.19 bits per heavy atom. The van der Waals surface area contributed by atoms with Gasteiger partial charge in [-0.1, -0.05) is 54.7 Å². The molecule has 0 unspecified atom stereocenters. The summed E-state index contributed by atoms with van der Waals surface area (Å²) in [5.41, 5.74) is 0.584. The van der Waals surface area contributed by atoms with Crippen molar-refractivity contribution in [3.63, 3.8) is 0 Å². The Hall–Kier alpha value is -2.22. The first-order valence-electron chi connectivity index (χ1n) is 9.05. The first-order valence-corrected chi connectivity index (χ1v) is 10.2. The first kappa shape index (κ1) is 23.4. The molecule has 0 spiro atoms. The molecule has 0 fully saturated rings. The largest absolute Gasteiger partial charge is 0.456 e. The van der Waals surface area contributed by atoms with E-state index in [1.54, 1.807) is 12.1 Å². The minimum Gasteiger partial charge on any atom is -0.456 e. The van der Waals surface area contributed by atoms with Gasteiger partial charge in [-0.3, -0.25) is 4.40 Å². The molecule has 0 amide bonds. The van der Waals surface area contributed by atoms with E-state index in [4.69, 9.17) is 39.5 Å². The van der Waals surface area contributed by atoms with E-state index in [0.29, 0.717) is 27.0 Å². The molecule has 0 bridgehead atoms. The quantitative estimate of drug-likeness (QED) is 0.280. The molecule has 3 aromatic rings. The van der Waals surface area contributed by atoms with Crippen LogP contribution in [0.1, 0.15) is 42.3 Å². The smallest absolute Gasteiger partial charge is 0.417 e. The maximum Gasteiger partial charge on any atom is 0.417 e. The SMILES string of the molecule is CC(C)c1nc2c(Cl)cc(C(F)(F)F)cn2c1COC(=O)/C=C/c1ccc(Cl)cc1Cl. The third-order valence-corrected chi connectivity index (χ3v) is 5.23. The Bertz CT molecular complexity index is 1170. The van der Waals surface area contributed by atoms with Crippen molar-refractivity contribution in [2.45, 2.75) is 32.5 Å². The van der Waals surface area contributed by atoms with Crippen LogP contribution in [-0.4, -0.2) is 15.4 Å². The van der Waals surface area contributed by atoms with E-state index >= 15 is 0 Å². The summed E-state index contributed by atoms with van der Waals surface area (Å²) < 4.78 is 46.1. The number of alkyl halides is 3. The van der Waals surface area contributed by atoms with E-state index in [2.05, 4.69) is 4.98 Å². The molecule has 0 atom stereocenters. The molecular weight excluding hydrogens is 476 g/mol. The van der Waals surface area contributed by atoms with Crippen LogP contribution in [0.2, 0.25) is 15.1 Å². The predicted molar refractivity (Wildman–Crippen MR) is 115 cm³/mol. The molecule has 0 aliphatic heterocycles. The van der Waals surface area contributed by atoms with Gasteiger partial charge in [0.05, 0.1) is 22.0 Å². The number of imidazole rings is 1. The summed E-state index contributed by atoms with van der Waals surface area (Å²) in [6.07, 6.45) is -1.07. The van der Waals surface area contributed by atoms with Crippen LogP contribution in [-0.2, 0) is 22.3 Å². The molecule has 2 aromatic heterocycles. The zero-order valence-corrected chi connectivity index (χ0v) is 18.6. The van der Waals surface area contributed by atoms with Crippen LogP contribution in [0.5, 0.6) is 0 Å². The minimum atomic E-state index is -4.59. The zero-order valence-electron chi connectivity index (χ0n) is 16.3. The number of hydrogen-bond donors (Lipinski definition) is 0. The third-order valence-electron chi connectivity index (χ3n) is 4.39. The average molecular weight is 492 g/mol. The lowest BCUT2D eigenvalue weighted by molar-refractivity contribution is -0.139. The van der Waals surface area contributed by atoms with E-state index in [-0.39, 0.29) is 23.2 Å². The van der Waals surface area contributed by atoms with E-state index in [1.807, 2.05) is 13.8 Å². The standard InChI is InChI=1S/C21H16Cl3F3N2O2/c1-11(2)19-17(29-9-13(21(25,26)27)7-16(24)20(29)28-19)10-31-18(30)6-4-12-3-5-14(22)8-15(12)23/h3-9,11H,10H2,1-2H3/b6-4+. The number of carbonyl (C=O) groups is 1. The van der Waals surface area contributed by atoms with Crippen LogP contribution < -0.4 is 0 Å². The van der Waals surface area contributed by atoms with E-state index < -0.39 is 17.7 Å². The number of nitrogens with zero attached hydrogens (tertiary/aromatic N) is 2. The fraction of sp³-hybridized carbons (Fsp3) is 0.238. The fourth-order valence-corrected chi connectivity index (χ4v) is 3.63. The van der Waals surface area contributed by atoms with E-state index in [9.17, 15) is 18.0 Å². The molecule has 0 aliphatic carbocycles. The molecule has 4 nitrogen and oxygen atoms in total. The number of halogens is 6. The van der Waals surface area contributed by atoms with Crippen molar-refractivity contribution in [3.8, 4) is 0 Å². The molecule has 0 radical (unpaired) electrons. The summed E-state index contributed by atoms with van der Waals surface area (Å²) in [5.74, 6) is -0.837. The summed E-state index contributed by atoms with van der Waals surface area (Å²) in [5, 5.41) is 0.664. The molecule has 0 saturated carbocycles. The highest BCUT2D eigenvalue weighted by Gasteiger charge is 2.32. The normalized spacial score (nSPS) is 12.3. The zero-order chi connectivity index (χ0) is 22.9. The number of ether oxygens (including phenoxy) is 1. The van der Waals surface area contributed by atoms with Gasteiger partial charge in [-0.05, 0) is 35.8 Å². The monoisotopic (exact) mass is 490 g/mol. The lowest BCUT2D eigenvalue weighted by Gasteiger charge is -2.11. The molecule has 0 saturated heterocycles. The van der Waals surface area contributed by atoms with Gasteiger partial charge in [0, 0.05) is 22.3 Å². The molecule has 0 N–H and O–H groups in total. The van der Waals surface area contributed by atoms with Crippen molar-refractivity contribution in [1.29, 1.82) is 0 Å². The second kappa shape index (κ2) is 9.10. The van der Waals surface area contributed by atoms with Gasteiger partial charge in [-0.25, -0.2) is 9.78 Å². The molecule has 164 valence electrons. The second-order valence-electron chi connectivity index (χ2n) is 6.97. The molecule has 31 heavy (non-hydrogen) atoms. The van der Waals surface area contributed by atoms with Gasteiger partial charge in [0.1, 0.15) is 6.61 Å². The number of aromatic nitrogens is 2. The predicted octanol–water partition coefficient (Wildman–Crippen LogP) is 7.19. The Balaban J connectivity index is 1.89. The molecule has 2 heterocycles. The summed E-state index contributed by atoms with van der Waals surface area (Å²) in [6.45, 7) is 3.37. The minimum absolute atomic E-state index is 0.137. The summed E-state index contributed by atoms with van der Waals surface area (Å²) in [4.78, 5) is 16.5. The number of carbonyl (C=O) groups excluding carboxylic acids is 1. The lowest BCUT2D eigenvalue weighted by Crippen LogP contribution is -2.09. The number of rotatable bonds is 5. The highest BCUT2D eigenvalue weighted by molar-refractivity contribution is 6.35. The highest BCUT2D eigenvalue weighted by Crippen LogP contribution is 2.34. The number of hydrogen-bond acceptors (Lipinski definition) is 3. The van der Waals surface area contributed by atoms with Crippen LogP contribution in [0.15, 0.2) is 36.5 Å². The molecule has 3 rings (SSSR count). The van der Waals surface area contributed by atoms with E-state index in [0.717, 1.165) is 12.3 Å². The number of pyridine rings is 1. The van der Waals surface area contributed by atoms with Crippen LogP contribution in [0, 0.1) is 0 Å². The second-order valence-corrected chi connectivity index (χ2v) is 8.22. The average Bonchev–Trinajstić information content (AvgIpc) is 3.04. The molecule has 10 heteroatoms. The van der Waals surface area contributed by atoms with Crippen molar-refractivity contribution >= 4 is 52.5 Å². The van der Waals surface area contributed by atoms with Gasteiger partial charge in [0.15, 0.2) is 5.65 Å². The molecular formula is C21H16Cl3F3N2O2. The highest BCUT2D eigenvalue weighted by atomic mass is 35.5. The van der Waals surface area contributed by atoms with Gasteiger partial charge in [-0.2, -0.15) is 13.2 Å². The molecule has 0 aliphatic rings.